The monoisotopic (exact) mass is 464 g/mol. The summed E-state index contributed by atoms with van der Waals surface area (Å²) in [7, 11) is -3.41. The number of nitrogens with zero attached hydrogens (tertiary/aromatic N) is 1. The molecule has 0 spiro atoms. The molecule has 6 nitrogen and oxygen atoms in total. The Bertz CT molecular complexity index is 1190. The van der Waals surface area contributed by atoms with Gasteiger partial charge in [-0.1, -0.05) is 66.7 Å². The number of hydrogen-bond acceptors (Lipinski definition) is 4. The first-order valence-electron chi connectivity index (χ1n) is 11.0. The molecule has 7 heteroatoms. The molecule has 1 aliphatic heterocycles. The summed E-state index contributed by atoms with van der Waals surface area (Å²) in [5.74, 6) is -0.306. The van der Waals surface area contributed by atoms with Crippen LogP contribution in [0, 0.1) is 6.92 Å². The maximum Gasteiger partial charge on any atom is 0.252 e. The van der Waals surface area contributed by atoms with E-state index in [1.165, 1.54) is 4.31 Å². The van der Waals surface area contributed by atoms with E-state index >= 15 is 0 Å². The zero-order valence-electron chi connectivity index (χ0n) is 18.6. The van der Waals surface area contributed by atoms with Crippen LogP contribution < -0.4 is 5.32 Å². The van der Waals surface area contributed by atoms with Gasteiger partial charge in [-0.25, -0.2) is 8.42 Å². The Kier molecular flexibility index (Phi) is 7.23. The van der Waals surface area contributed by atoms with Gasteiger partial charge < -0.3 is 10.1 Å². The number of amides is 1. The number of nitrogens with one attached hydrogen (secondary N) is 1. The van der Waals surface area contributed by atoms with Gasteiger partial charge in [-0.15, -0.1) is 0 Å². The minimum atomic E-state index is -3.41. The highest BCUT2D eigenvalue weighted by Crippen LogP contribution is 2.25. The van der Waals surface area contributed by atoms with E-state index in [-0.39, 0.29) is 17.7 Å². The summed E-state index contributed by atoms with van der Waals surface area (Å²) in [4.78, 5) is 13.1. The first kappa shape index (κ1) is 23.2. The van der Waals surface area contributed by atoms with Crippen LogP contribution in [-0.4, -0.2) is 44.9 Å². The fourth-order valence-corrected chi connectivity index (χ4v) is 5.49. The van der Waals surface area contributed by atoms with E-state index in [1.807, 2.05) is 61.5 Å². The van der Waals surface area contributed by atoms with E-state index in [0.717, 1.165) is 16.7 Å². The van der Waals surface area contributed by atoms with E-state index in [4.69, 9.17) is 4.74 Å². The minimum Gasteiger partial charge on any atom is -0.379 e. The fraction of sp³-hybridized carbons (Fsp3) is 0.269. The lowest BCUT2D eigenvalue weighted by molar-refractivity contribution is 0.0729. The average Bonchev–Trinajstić information content (AvgIpc) is 2.84. The van der Waals surface area contributed by atoms with Crippen LogP contribution >= 0.6 is 0 Å². The van der Waals surface area contributed by atoms with Crippen LogP contribution in [0.5, 0.6) is 0 Å². The third kappa shape index (κ3) is 5.68. The normalized spacial score (nSPS) is 15.7. The van der Waals surface area contributed by atoms with E-state index in [9.17, 15) is 13.2 Å². The van der Waals surface area contributed by atoms with Crippen molar-refractivity contribution in [1.82, 2.24) is 9.62 Å². The second-order valence-electron chi connectivity index (χ2n) is 8.14. The Morgan fingerprint density at radius 1 is 0.939 bits per heavy atom. The van der Waals surface area contributed by atoms with E-state index in [2.05, 4.69) is 5.32 Å². The van der Waals surface area contributed by atoms with Crippen LogP contribution in [0.2, 0.25) is 0 Å². The summed E-state index contributed by atoms with van der Waals surface area (Å²) in [6, 6.07) is 24.3. The van der Waals surface area contributed by atoms with Crippen LogP contribution in [0.25, 0.3) is 0 Å². The van der Waals surface area contributed by atoms with Crippen LogP contribution in [0.3, 0.4) is 0 Å². The fourth-order valence-electron chi connectivity index (χ4n) is 3.99. The van der Waals surface area contributed by atoms with Crippen molar-refractivity contribution in [2.75, 3.05) is 26.3 Å². The average molecular weight is 465 g/mol. The molecule has 4 rings (SSSR count). The summed E-state index contributed by atoms with van der Waals surface area (Å²) >= 11 is 0. The number of morpholine rings is 1. The molecule has 1 amide bonds. The molecule has 33 heavy (non-hydrogen) atoms. The third-order valence-corrected chi connectivity index (χ3v) is 7.69. The van der Waals surface area contributed by atoms with Crippen molar-refractivity contribution in [3.8, 4) is 0 Å². The molecule has 1 atom stereocenters. The van der Waals surface area contributed by atoms with Crippen molar-refractivity contribution in [2.45, 2.75) is 18.7 Å². The summed E-state index contributed by atoms with van der Waals surface area (Å²) in [6.07, 6.45) is 0. The van der Waals surface area contributed by atoms with Crippen LogP contribution in [0.15, 0.2) is 78.9 Å². The maximum absolute atomic E-state index is 13.1. The Morgan fingerprint density at radius 3 is 2.24 bits per heavy atom. The SMILES string of the molecule is Cc1ccccc1[C@H](NC(=O)c1ccc(CS(=O)(=O)N2CCOCC2)cc1)c1ccccc1. The van der Waals surface area contributed by atoms with Gasteiger partial charge in [0.25, 0.3) is 5.91 Å². The summed E-state index contributed by atoms with van der Waals surface area (Å²) in [5.41, 5.74) is 4.25. The lowest BCUT2D eigenvalue weighted by atomic mass is 9.94. The standard InChI is InChI=1S/C26H28N2O4S/c1-20-7-5-6-10-24(20)25(22-8-3-2-4-9-22)27-26(29)23-13-11-21(12-14-23)19-33(30,31)28-15-17-32-18-16-28/h2-14,25H,15-19H2,1H3,(H,27,29)/t25-/m1/s1. The van der Waals surface area contributed by atoms with Crippen molar-refractivity contribution in [1.29, 1.82) is 0 Å². The molecule has 1 N–H and O–H groups in total. The topological polar surface area (TPSA) is 75.7 Å². The predicted molar refractivity (Wildman–Crippen MR) is 128 cm³/mol. The zero-order valence-corrected chi connectivity index (χ0v) is 19.4. The predicted octanol–water partition coefficient (Wildman–Crippen LogP) is 3.68. The number of aryl methyl sites for hydroxylation is 1. The van der Waals surface area contributed by atoms with Crippen LogP contribution in [0.4, 0.5) is 0 Å². The number of carbonyl (C=O) groups excluding carboxylic acids is 1. The molecular formula is C26H28N2O4S. The van der Waals surface area contributed by atoms with Gasteiger partial charge in [-0.2, -0.15) is 4.31 Å². The van der Waals surface area contributed by atoms with E-state index in [0.29, 0.717) is 37.4 Å². The molecule has 0 aromatic heterocycles. The Morgan fingerprint density at radius 2 is 1.58 bits per heavy atom. The van der Waals surface area contributed by atoms with Gasteiger partial charge in [0.1, 0.15) is 0 Å². The molecule has 1 fully saturated rings. The Labute approximate surface area is 195 Å². The highest BCUT2D eigenvalue weighted by Gasteiger charge is 2.25. The van der Waals surface area contributed by atoms with Crippen molar-refractivity contribution < 1.29 is 17.9 Å². The highest BCUT2D eigenvalue weighted by molar-refractivity contribution is 7.88. The summed E-state index contributed by atoms with van der Waals surface area (Å²) in [6.45, 7) is 3.62. The molecule has 3 aromatic carbocycles. The van der Waals surface area contributed by atoms with Gasteiger partial charge in [-0.3, -0.25) is 4.79 Å². The minimum absolute atomic E-state index is 0.0925. The maximum atomic E-state index is 13.1. The quantitative estimate of drug-likeness (QED) is 0.579. The Hall–Kier alpha value is -3.00. The second-order valence-corrected chi connectivity index (χ2v) is 10.1. The number of rotatable bonds is 7. The first-order valence-corrected chi connectivity index (χ1v) is 12.6. The molecule has 0 bridgehead atoms. The van der Waals surface area contributed by atoms with Crippen molar-refractivity contribution in [3.63, 3.8) is 0 Å². The van der Waals surface area contributed by atoms with E-state index < -0.39 is 10.0 Å². The number of ether oxygens (including phenoxy) is 1. The third-order valence-electron chi connectivity index (χ3n) is 5.84. The van der Waals surface area contributed by atoms with Gasteiger partial charge in [-0.05, 0) is 41.3 Å². The molecule has 3 aromatic rings. The molecule has 172 valence electrons. The molecule has 0 unspecified atom stereocenters. The van der Waals surface area contributed by atoms with Gasteiger partial charge in [0.15, 0.2) is 0 Å². The molecule has 0 saturated carbocycles. The van der Waals surface area contributed by atoms with Gasteiger partial charge >= 0.3 is 0 Å². The molecule has 0 aliphatic carbocycles. The summed E-state index contributed by atoms with van der Waals surface area (Å²) < 4.78 is 32.0. The van der Waals surface area contributed by atoms with Crippen LogP contribution in [0.1, 0.15) is 38.7 Å². The van der Waals surface area contributed by atoms with E-state index in [1.54, 1.807) is 24.3 Å². The van der Waals surface area contributed by atoms with Gasteiger partial charge in [0.05, 0.1) is 25.0 Å². The number of sulfonamides is 1. The number of carbonyl (C=O) groups is 1. The van der Waals surface area contributed by atoms with Gasteiger partial charge in [0, 0.05) is 18.7 Å². The second kappa shape index (κ2) is 10.3. The smallest absolute Gasteiger partial charge is 0.252 e. The van der Waals surface area contributed by atoms with Crippen molar-refractivity contribution in [2.24, 2.45) is 0 Å². The number of benzene rings is 3. The molecule has 1 heterocycles. The van der Waals surface area contributed by atoms with Crippen molar-refractivity contribution >= 4 is 15.9 Å². The molecule has 1 aliphatic rings. The summed E-state index contributed by atoms with van der Waals surface area (Å²) in [5, 5.41) is 3.15. The lowest BCUT2D eigenvalue weighted by Crippen LogP contribution is -2.41. The zero-order chi connectivity index (χ0) is 23.3. The molecular weight excluding hydrogens is 436 g/mol. The lowest BCUT2D eigenvalue weighted by Gasteiger charge is -2.26. The highest BCUT2D eigenvalue weighted by atomic mass is 32.2. The Balaban J connectivity index is 1.50. The van der Waals surface area contributed by atoms with Crippen LogP contribution in [-0.2, 0) is 20.5 Å². The first-order chi connectivity index (χ1) is 15.9. The molecule has 1 saturated heterocycles. The molecule has 0 radical (unpaired) electrons. The van der Waals surface area contributed by atoms with Gasteiger partial charge in [0.2, 0.25) is 10.0 Å². The number of hydrogen-bond donors (Lipinski definition) is 1. The largest absolute Gasteiger partial charge is 0.379 e. The van der Waals surface area contributed by atoms with Crippen molar-refractivity contribution in [3.05, 3.63) is 107 Å².